The highest BCUT2D eigenvalue weighted by Gasteiger charge is 2.08. The molecule has 0 spiro atoms. The van der Waals surface area contributed by atoms with Crippen molar-refractivity contribution >= 4 is 11.8 Å². The molecule has 20 heavy (non-hydrogen) atoms. The highest BCUT2D eigenvalue weighted by atomic mass is 19.1. The van der Waals surface area contributed by atoms with Gasteiger partial charge >= 0.3 is 0 Å². The number of hydrogen-bond donors (Lipinski definition) is 2. The molecular formula is C12H18FN7. The third-order valence-corrected chi connectivity index (χ3v) is 2.73. The lowest BCUT2D eigenvalue weighted by Gasteiger charge is -2.09. The third kappa shape index (κ3) is 3.40. The van der Waals surface area contributed by atoms with E-state index in [-0.39, 0.29) is 5.82 Å². The summed E-state index contributed by atoms with van der Waals surface area (Å²) in [5.74, 6) is 0.806. The van der Waals surface area contributed by atoms with Crippen molar-refractivity contribution in [3.8, 4) is 0 Å². The summed E-state index contributed by atoms with van der Waals surface area (Å²) in [4.78, 5) is 7.98. The van der Waals surface area contributed by atoms with Crippen LogP contribution in [-0.2, 0) is 13.1 Å². The fraction of sp³-hybridized carbons (Fsp3) is 0.500. The van der Waals surface area contributed by atoms with Crippen LogP contribution in [0, 0.1) is 5.82 Å². The first-order valence-electron chi connectivity index (χ1n) is 6.61. The quantitative estimate of drug-likeness (QED) is 0.802. The summed E-state index contributed by atoms with van der Waals surface area (Å²) in [5, 5.41) is 13.7. The number of anilines is 2. The summed E-state index contributed by atoms with van der Waals surface area (Å²) >= 11 is 0. The monoisotopic (exact) mass is 279 g/mol. The predicted octanol–water partition coefficient (Wildman–Crippen LogP) is 1.66. The van der Waals surface area contributed by atoms with Gasteiger partial charge < -0.3 is 15.2 Å². The molecule has 0 fully saturated rings. The molecule has 0 aliphatic heterocycles. The Bertz CT molecular complexity index is 554. The molecule has 0 saturated heterocycles. The summed E-state index contributed by atoms with van der Waals surface area (Å²) in [5.41, 5.74) is 0. The largest absolute Gasteiger partial charge is 0.360 e. The first kappa shape index (κ1) is 14.2. The van der Waals surface area contributed by atoms with Gasteiger partial charge in [-0.2, -0.15) is 4.98 Å². The van der Waals surface area contributed by atoms with Crippen molar-refractivity contribution in [3.05, 3.63) is 24.2 Å². The van der Waals surface area contributed by atoms with Crippen molar-refractivity contribution in [1.29, 1.82) is 0 Å². The van der Waals surface area contributed by atoms with Crippen molar-refractivity contribution in [2.45, 2.75) is 33.4 Å². The van der Waals surface area contributed by atoms with Crippen LogP contribution in [0.5, 0.6) is 0 Å². The van der Waals surface area contributed by atoms with Crippen LogP contribution in [0.15, 0.2) is 12.5 Å². The number of halogens is 1. The predicted molar refractivity (Wildman–Crippen MR) is 73.8 cm³/mol. The molecule has 0 aliphatic rings. The maximum Gasteiger partial charge on any atom is 0.224 e. The minimum atomic E-state index is -0.491. The topological polar surface area (TPSA) is 80.5 Å². The van der Waals surface area contributed by atoms with Gasteiger partial charge in [0.2, 0.25) is 5.95 Å². The standard InChI is InChI=1S/C12H18FN7/c1-3-5-14-12-16-6-9(13)11(18-12)15-7-10-19-17-8-20(10)4-2/h6,8H,3-5,7H2,1-2H3,(H2,14,15,16,18). The highest BCUT2D eigenvalue weighted by molar-refractivity contribution is 5.41. The third-order valence-electron chi connectivity index (χ3n) is 2.73. The number of hydrogen-bond acceptors (Lipinski definition) is 6. The van der Waals surface area contributed by atoms with Crippen LogP contribution in [0.1, 0.15) is 26.1 Å². The fourth-order valence-corrected chi connectivity index (χ4v) is 1.66. The molecule has 0 atom stereocenters. The number of aromatic nitrogens is 5. The van der Waals surface area contributed by atoms with E-state index < -0.39 is 5.82 Å². The summed E-state index contributed by atoms with van der Waals surface area (Å²) in [6.45, 7) is 5.89. The molecule has 2 rings (SSSR count). The van der Waals surface area contributed by atoms with Gasteiger partial charge in [0.15, 0.2) is 17.5 Å². The lowest BCUT2D eigenvalue weighted by Crippen LogP contribution is -2.12. The van der Waals surface area contributed by atoms with Gasteiger partial charge in [-0.3, -0.25) is 0 Å². The van der Waals surface area contributed by atoms with Gasteiger partial charge in [0.1, 0.15) is 6.33 Å². The minimum absolute atomic E-state index is 0.157. The van der Waals surface area contributed by atoms with E-state index in [9.17, 15) is 4.39 Å². The lowest BCUT2D eigenvalue weighted by atomic mass is 10.4. The van der Waals surface area contributed by atoms with Crippen LogP contribution in [0.4, 0.5) is 16.2 Å². The van der Waals surface area contributed by atoms with Crippen molar-refractivity contribution < 1.29 is 4.39 Å². The Labute approximate surface area is 116 Å². The van der Waals surface area contributed by atoms with Crippen LogP contribution in [0.2, 0.25) is 0 Å². The summed E-state index contributed by atoms with van der Waals surface area (Å²) in [7, 11) is 0. The molecule has 7 nitrogen and oxygen atoms in total. The molecule has 0 aromatic carbocycles. The van der Waals surface area contributed by atoms with E-state index >= 15 is 0 Å². The zero-order chi connectivity index (χ0) is 14.4. The van der Waals surface area contributed by atoms with Crippen LogP contribution in [0.3, 0.4) is 0 Å². The molecular weight excluding hydrogens is 261 g/mol. The second-order valence-electron chi connectivity index (χ2n) is 4.20. The van der Waals surface area contributed by atoms with Crippen molar-refractivity contribution in [1.82, 2.24) is 24.7 Å². The van der Waals surface area contributed by atoms with Crippen LogP contribution >= 0.6 is 0 Å². The maximum atomic E-state index is 13.6. The average Bonchev–Trinajstić information content (AvgIpc) is 2.92. The highest BCUT2D eigenvalue weighted by Crippen LogP contribution is 2.12. The molecule has 0 aliphatic carbocycles. The van der Waals surface area contributed by atoms with E-state index in [2.05, 4.69) is 30.8 Å². The molecule has 0 unspecified atom stereocenters. The second-order valence-corrected chi connectivity index (χ2v) is 4.20. The van der Waals surface area contributed by atoms with E-state index in [4.69, 9.17) is 0 Å². The molecule has 0 saturated carbocycles. The van der Waals surface area contributed by atoms with E-state index in [1.807, 2.05) is 18.4 Å². The number of nitrogens with one attached hydrogen (secondary N) is 2. The zero-order valence-corrected chi connectivity index (χ0v) is 11.6. The summed E-state index contributed by atoms with van der Waals surface area (Å²) in [6.07, 6.45) is 3.74. The summed E-state index contributed by atoms with van der Waals surface area (Å²) in [6, 6.07) is 0. The van der Waals surface area contributed by atoms with Gasteiger partial charge in [-0.25, -0.2) is 9.37 Å². The first-order valence-corrected chi connectivity index (χ1v) is 6.61. The van der Waals surface area contributed by atoms with E-state index in [0.717, 1.165) is 31.5 Å². The van der Waals surface area contributed by atoms with Gasteiger partial charge in [-0.15, -0.1) is 10.2 Å². The SMILES string of the molecule is CCCNc1ncc(F)c(NCc2nncn2CC)n1. The summed E-state index contributed by atoms with van der Waals surface area (Å²) < 4.78 is 15.5. The minimum Gasteiger partial charge on any atom is -0.360 e. The maximum absolute atomic E-state index is 13.6. The Morgan fingerprint density at radius 3 is 2.90 bits per heavy atom. The van der Waals surface area contributed by atoms with Crippen LogP contribution in [0.25, 0.3) is 0 Å². The molecule has 108 valence electrons. The van der Waals surface area contributed by atoms with E-state index in [1.165, 1.54) is 0 Å². The second kappa shape index (κ2) is 6.78. The Hall–Kier alpha value is -2.25. The van der Waals surface area contributed by atoms with Gasteiger partial charge in [0.05, 0.1) is 12.7 Å². The molecule has 2 heterocycles. The van der Waals surface area contributed by atoms with Crippen molar-refractivity contribution in [2.75, 3.05) is 17.2 Å². The normalized spacial score (nSPS) is 10.6. The number of rotatable bonds is 7. The van der Waals surface area contributed by atoms with Crippen molar-refractivity contribution in [2.24, 2.45) is 0 Å². The molecule has 0 radical (unpaired) electrons. The molecule has 2 aromatic rings. The Kier molecular flexibility index (Phi) is 4.80. The number of nitrogens with zero attached hydrogens (tertiary/aromatic N) is 5. The van der Waals surface area contributed by atoms with Gasteiger partial charge in [-0.1, -0.05) is 6.92 Å². The molecule has 0 bridgehead atoms. The van der Waals surface area contributed by atoms with E-state index in [1.54, 1.807) is 6.33 Å². The Balaban J connectivity index is 2.04. The molecule has 2 N–H and O–H groups in total. The molecule has 2 aromatic heterocycles. The van der Waals surface area contributed by atoms with Crippen LogP contribution < -0.4 is 10.6 Å². The lowest BCUT2D eigenvalue weighted by molar-refractivity contribution is 0.615. The van der Waals surface area contributed by atoms with Gasteiger partial charge in [0, 0.05) is 13.1 Å². The fourth-order valence-electron chi connectivity index (χ4n) is 1.66. The van der Waals surface area contributed by atoms with Gasteiger partial charge in [0.25, 0.3) is 0 Å². The zero-order valence-electron chi connectivity index (χ0n) is 11.6. The first-order chi connectivity index (χ1) is 9.74. The van der Waals surface area contributed by atoms with Gasteiger partial charge in [-0.05, 0) is 13.3 Å². The van der Waals surface area contributed by atoms with Crippen molar-refractivity contribution in [3.63, 3.8) is 0 Å². The van der Waals surface area contributed by atoms with Crippen LogP contribution in [-0.4, -0.2) is 31.3 Å². The smallest absolute Gasteiger partial charge is 0.224 e. The molecule has 0 amide bonds. The Morgan fingerprint density at radius 2 is 2.15 bits per heavy atom. The average molecular weight is 279 g/mol. The molecule has 8 heteroatoms. The number of aryl methyl sites for hydroxylation is 1. The van der Waals surface area contributed by atoms with E-state index in [0.29, 0.717) is 12.5 Å². The Morgan fingerprint density at radius 1 is 1.30 bits per heavy atom.